The van der Waals surface area contributed by atoms with Crippen molar-refractivity contribution in [2.45, 2.75) is 96.4 Å². The van der Waals surface area contributed by atoms with E-state index in [0.717, 1.165) is 18.6 Å². The summed E-state index contributed by atoms with van der Waals surface area (Å²) in [5.74, 6) is 0.751. The SMILES string of the molecule is C=C(CCCCCCC/C=C\CCCCCC)OC[C@H](N)CCP(=O)(O)OCCN(C)C. The number of hydrogen-bond donors (Lipinski definition) is 2. The third-order valence-electron chi connectivity index (χ3n) is 5.33. The lowest BCUT2D eigenvalue weighted by Gasteiger charge is -2.18. The van der Waals surface area contributed by atoms with Gasteiger partial charge in [-0.3, -0.25) is 4.57 Å². The minimum atomic E-state index is -3.58. The molecule has 0 saturated heterocycles. The third kappa shape index (κ3) is 22.5. The molecule has 0 aromatic carbocycles. The van der Waals surface area contributed by atoms with Crippen molar-refractivity contribution in [3.63, 3.8) is 0 Å². The van der Waals surface area contributed by atoms with Crippen molar-refractivity contribution < 1.29 is 18.7 Å². The molecule has 0 radical (unpaired) electrons. The standard InChI is InChI=1S/C25H51N2O4P/c1-5-6-7-8-9-10-11-12-13-14-15-16-17-18-24(2)30-23-25(26)19-22-32(28,29)31-21-20-27(3)4/h10-11,25H,2,5-9,12-23,26H2,1,3-4H3,(H,28,29)/b11-10-/t25-/m1/s1. The number of nitrogens with zero attached hydrogens (tertiary/aromatic N) is 1. The zero-order valence-corrected chi connectivity index (χ0v) is 22.0. The highest BCUT2D eigenvalue weighted by Gasteiger charge is 2.20. The first-order valence-corrected chi connectivity index (χ1v) is 14.4. The van der Waals surface area contributed by atoms with Gasteiger partial charge < -0.3 is 24.8 Å². The smallest absolute Gasteiger partial charge is 0.328 e. The van der Waals surface area contributed by atoms with Crippen LogP contribution in [0.2, 0.25) is 0 Å². The first-order chi connectivity index (χ1) is 15.3. The van der Waals surface area contributed by atoms with Gasteiger partial charge in [-0.1, -0.05) is 64.2 Å². The fourth-order valence-corrected chi connectivity index (χ4v) is 4.33. The predicted octanol–water partition coefficient (Wildman–Crippen LogP) is 6.26. The molecule has 0 aliphatic carbocycles. The molecule has 0 amide bonds. The molecule has 0 aliphatic heterocycles. The average molecular weight is 475 g/mol. The molecular formula is C25H51N2O4P. The summed E-state index contributed by atoms with van der Waals surface area (Å²) in [5.41, 5.74) is 6.01. The monoisotopic (exact) mass is 474 g/mol. The molecule has 0 bridgehead atoms. The van der Waals surface area contributed by atoms with Gasteiger partial charge >= 0.3 is 7.60 Å². The number of nitrogens with two attached hydrogens (primary N) is 1. The highest BCUT2D eigenvalue weighted by molar-refractivity contribution is 7.52. The van der Waals surface area contributed by atoms with E-state index in [1.165, 1.54) is 64.2 Å². The minimum Gasteiger partial charge on any atom is -0.497 e. The van der Waals surface area contributed by atoms with Gasteiger partial charge in [0.1, 0.15) is 6.61 Å². The van der Waals surface area contributed by atoms with Crippen molar-refractivity contribution in [3.05, 3.63) is 24.5 Å². The molecule has 0 aliphatic rings. The molecule has 6 nitrogen and oxygen atoms in total. The van der Waals surface area contributed by atoms with Crippen molar-refractivity contribution >= 4 is 7.60 Å². The Morgan fingerprint density at radius 1 is 1.06 bits per heavy atom. The van der Waals surface area contributed by atoms with Crippen molar-refractivity contribution in [2.24, 2.45) is 5.73 Å². The van der Waals surface area contributed by atoms with Crippen LogP contribution in [0, 0.1) is 0 Å². The van der Waals surface area contributed by atoms with E-state index in [4.69, 9.17) is 15.0 Å². The van der Waals surface area contributed by atoms with Gasteiger partial charge in [0.25, 0.3) is 0 Å². The predicted molar refractivity (Wildman–Crippen MR) is 137 cm³/mol. The first-order valence-electron chi connectivity index (χ1n) is 12.6. The van der Waals surface area contributed by atoms with Crippen LogP contribution in [0.5, 0.6) is 0 Å². The maximum absolute atomic E-state index is 12.0. The second kappa shape index (κ2) is 20.9. The van der Waals surface area contributed by atoms with Crippen molar-refractivity contribution in [1.82, 2.24) is 4.90 Å². The summed E-state index contributed by atoms with van der Waals surface area (Å²) in [6, 6.07) is -0.302. The molecule has 1 unspecified atom stereocenters. The van der Waals surface area contributed by atoms with E-state index in [1.54, 1.807) is 0 Å². The number of allylic oxidation sites excluding steroid dienone is 3. The van der Waals surface area contributed by atoms with Crippen LogP contribution in [-0.4, -0.2) is 55.9 Å². The topological polar surface area (TPSA) is 85.0 Å². The summed E-state index contributed by atoms with van der Waals surface area (Å²) in [6.07, 6.45) is 19.8. The molecule has 0 fully saturated rings. The van der Waals surface area contributed by atoms with Crippen LogP contribution in [0.15, 0.2) is 24.5 Å². The largest absolute Gasteiger partial charge is 0.497 e. The van der Waals surface area contributed by atoms with Crippen LogP contribution in [0.1, 0.15) is 90.4 Å². The van der Waals surface area contributed by atoms with Crippen LogP contribution >= 0.6 is 7.60 Å². The number of ether oxygens (including phenoxy) is 1. The van der Waals surface area contributed by atoms with Gasteiger partial charge in [-0.2, -0.15) is 0 Å². The van der Waals surface area contributed by atoms with Crippen LogP contribution in [-0.2, 0) is 13.8 Å². The summed E-state index contributed by atoms with van der Waals surface area (Å²) in [5, 5.41) is 0. The van der Waals surface area contributed by atoms with E-state index in [-0.39, 0.29) is 18.8 Å². The zero-order valence-electron chi connectivity index (χ0n) is 21.1. The van der Waals surface area contributed by atoms with E-state index in [9.17, 15) is 9.46 Å². The molecule has 0 spiro atoms. The fourth-order valence-electron chi connectivity index (χ4n) is 3.18. The molecule has 190 valence electrons. The number of unbranched alkanes of at least 4 members (excludes halogenated alkanes) is 9. The molecule has 0 heterocycles. The fraction of sp³-hybridized carbons (Fsp3) is 0.840. The number of hydrogen-bond acceptors (Lipinski definition) is 5. The Labute approximate surface area is 198 Å². The molecule has 0 rings (SSSR count). The average Bonchev–Trinajstić information content (AvgIpc) is 2.73. The van der Waals surface area contributed by atoms with E-state index >= 15 is 0 Å². The van der Waals surface area contributed by atoms with Crippen LogP contribution in [0.4, 0.5) is 0 Å². The normalized spacial score (nSPS) is 14.7. The Morgan fingerprint density at radius 2 is 1.66 bits per heavy atom. The Bertz CT molecular complexity index is 526. The van der Waals surface area contributed by atoms with E-state index in [0.29, 0.717) is 19.6 Å². The molecule has 0 aromatic rings. The van der Waals surface area contributed by atoms with Gasteiger partial charge in [0.2, 0.25) is 0 Å². The van der Waals surface area contributed by atoms with E-state index in [1.807, 2.05) is 19.0 Å². The van der Waals surface area contributed by atoms with Gasteiger partial charge in [0.15, 0.2) is 0 Å². The van der Waals surface area contributed by atoms with Gasteiger partial charge in [0.05, 0.1) is 18.5 Å². The highest BCUT2D eigenvalue weighted by atomic mass is 31.2. The summed E-state index contributed by atoms with van der Waals surface area (Å²) >= 11 is 0. The first kappa shape index (κ1) is 31.4. The number of rotatable bonds is 23. The summed E-state index contributed by atoms with van der Waals surface area (Å²) in [6.45, 7) is 7.38. The number of likely N-dealkylation sites (N-methyl/N-ethyl adjacent to an activating group) is 1. The quantitative estimate of drug-likeness (QED) is 0.0787. The molecule has 32 heavy (non-hydrogen) atoms. The van der Waals surface area contributed by atoms with Gasteiger partial charge in [-0.25, -0.2) is 0 Å². The Hall–Kier alpha value is -0.650. The summed E-state index contributed by atoms with van der Waals surface area (Å²) in [7, 11) is 0.198. The van der Waals surface area contributed by atoms with Gasteiger partial charge in [-0.05, 0) is 52.6 Å². The van der Waals surface area contributed by atoms with Crippen LogP contribution < -0.4 is 5.73 Å². The third-order valence-corrected chi connectivity index (χ3v) is 6.74. The molecular weight excluding hydrogens is 423 g/mol. The lowest BCUT2D eigenvalue weighted by atomic mass is 10.1. The van der Waals surface area contributed by atoms with Crippen molar-refractivity contribution in [1.29, 1.82) is 0 Å². The maximum Gasteiger partial charge on any atom is 0.328 e. The Kier molecular flexibility index (Phi) is 20.5. The lowest BCUT2D eigenvalue weighted by molar-refractivity contribution is 0.181. The molecule has 3 N–H and O–H groups in total. The summed E-state index contributed by atoms with van der Waals surface area (Å²) < 4.78 is 22.7. The molecule has 0 aromatic heterocycles. The molecule has 7 heteroatoms. The second-order valence-corrected chi connectivity index (χ2v) is 11.0. The molecule has 0 saturated carbocycles. The van der Waals surface area contributed by atoms with Gasteiger partial charge in [-0.15, -0.1) is 0 Å². The van der Waals surface area contributed by atoms with E-state index < -0.39 is 7.60 Å². The minimum absolute atomic E-state index is 0.0471. The second-order valence-electron chi connectivity index (χ2n) is 9.02. The molecule has 2 atom stereocenters. The highest BCUT2D eigenvalue weighted by Crippen LogP contribution is 2.42. The van der Waals surface area contributed by atoms with Crippen LogP contribution in [0.3, 0.4) is 0 Å². The van der Waals surface area contributed by atoms with Crippen LogP contribution in [0.25, 0.3) is 0 Å². The van der Waals surface area contributed by atoms with Crippen molar-refractivity contribution in [3.8, 4) is 0 Å². The van der Waals surface area contributed by atoms with Gasteiger partial charge in [0, 0.05) is 19.0 Å². The summed E-state index contributed by atoms with van der Waals surface area (Å²) in [4.78, 5) is 11.7. The maximum atomic E-state index is 12.0. The Morgan fingerprint density at radius 3 is 2.28 bits per heavy atom. The zero-order chi connectivity index (χ0) is 24.1. The lowest BCUT2D eigenvalue weighted by Crippen LogP contribution is -2.27. The Balaban J connectivity index is 3.59. The van der Waals surface area contributed by atoms with E-state index in [2.05, 4.69) is 25.7 Å². The van der Waals surface area contributed by atoms with Crippen molar-refractivity contribution in [2.75, 3.05) is 40.0 Å².